The number of aromatic nitrogens is 1. The molecule has 0 fully saturated rings. The molecule has 0 amide bonds. The summed E-state index contributed by atoms with van der Waals surface area (Å²) < 4.78 is 15.4. The molecule has 1 aliphatic rings. The Labute approximate surface area is 364 Å². The van der Waals surface area contributed by atoms with Crippen LogP contribution in [0.1, 0.15) is 41.7 Å². The van der Waals surface area contributed by atoms with E-state index in [0.717, 1.165) is 78.2 Å². The molecule has 0 radical (unpaired) electrons. The van der Waals surface area contributed by atoms with Crippen molar-refractivity contribution in [2.45, 2.75) is 25.7 Å². The summed E-state index contributed by atoms with van der Waals surface area (Å²) in [7, 11) is 0. The van der Waals surface area contributed by atoms with Gasteiger partial charge in [0.05, 0.1) is 11.0 Å². The zero-order valence-electron chi connectivity index (χ0n) is 35.0. The minimum atomic E-state index is -0.100. The largest absolute Gasteiger partial charge is 0.456 e. The van der Waals surface area contributed by atoms with E-state index < -0.39 is 0 Å². The van der Waals surface area contributed by atoms with Crippen molar-refractivity contribution in [2.24, 2.45) is 0 Å². The zero-order valence-corrected chi connectivity index (χ0v) is 35.0. The second-order valence-corrected chi connectivity index (χ2v) is 17.6. The molecule has 0 bridgehead atoms. The maximum absolute atomic E-state index is 6.64. The van der Waals surface area contributed by atoms with Crippen molar-refractivity contribution in [2.75, 3.05) is 0 Å². The lowest BCUT2D eigenvalue weighted by Crippen LogP contribution is -2.14. The van der Waals surface area contributed by atoms with Crippen LogP contribution < -0.4 is 0 Å². The van der Waals surface area contributed by atoms with Gasteiger partial charge >= 0.3 is 0 Å². The van der Waals surface area contributed by atoms with Crippen LogP contribution in [-0.4, -0.2) is 4.57 Å². The van der Waals surface area contributed by atoms with Crippen molar-refractivity contribution in [3.05, 3.63) is 222 Å². The molecule has 9 aromatic carbocycles. The number of furan rings is 2. The Hall–Kier alpha value is -7.88. The third kappa shape index (κ3) is 5.39. The van der Waals surface area contributed by atoms with Crippen LogP contribution in [-0.2, 0) is 11.8 Å². The average Bonchev–Trinajstić information content (AvgIpc) is 4.06. The highest BCUT2D eigenvalue weighted by molar-refractivity contribution is 6.15. The quantitative estimate of drug-likeness (QED) is 0.157. The number of hydrogen-bond donors (Lipinski definition) is 0. The summed E-state index contributed by atoms with van der Waals surface area (Å²) in [6.07, 6.45) is 3.19. The third-order valence-electron chi connectivity index (χ3n) is 13.7. The van der Waals surface area contributed by atoms with Gasteiger partial charge in [-0.3, -0.25) is 0 Å². The Bertz CT molecular complexity index is 3850. The lowest BCUT2D eigenvalue weighted by atomic mass is 9.82. The van der Waals surface area contributed by atoms with Gasteiger partial charge in [0, 0.05) is 43.4 Å². The van der Waals surface area contributed by atoms with Gasteiger partial charge in [-0.2, -0.15) is 0 Å². The Kier molecular flexibility index (Phi) is 7.71. The van der Waals surface area contributed by atoms with E-state index in [-0.39, 0.29) is 5.41 Å². The van der Waals surface area contributed by atoms with Crippen LogP contribution in [0.4, 0.5) is 0 Å². The van der Waals surface area contributed by atoms with Crippen molar-refractivity contribution in [3.8, 4) is 27.9 Å². The third-order valence-corrected chi connectivity index (χ3v) is 13.7. The van der Waals surface area contributed by atoms with E-state index in [0.29, 0.717) is 0 Å². The first-order valence-electron chi connectivity index (χ1n) is 21.9. The summed E-state index contributed by atoms with van der Waals surface area (Å²) in [5.41, 5.74) is 19.6. The highest BCUT2D eigenvalue weighted by Gasteiger charge is 2.36. The van der Waals surface area contributed by atoms with E-state index in [9.17, 15) is 0 Å². The fourth-order valence-electron chi connectivity index (χ4n) is 10.8. The molecule has 3 heteroatoms. The fourth-order valence-corrected chi connectivity index (χ4v) is 10.8. The van der Waals surface area contributed by atoms with Crippen LogP contribution >= 0.6 is 0 Å². The van der Waals surface area contributed by atoms with Crippen LogP contribution in [0.5, 0.6) is 0 Å². The molecule has 298 valence electrons. The number of allylic oxidation sites excluding steroid dienone is 1. The van der Waals surface area contributed by atoms with Crippen molar-refractivity contribution < 1.29 is 8.83 Å². The molecule has 3 nitrogen and oxygen atoms in total. The molecule has 3 aromatic heterocycles. The summed E-state index contributed by atoms with van der Waals surface area (Å²) in [6, 6.07) is 70.3. The molecule has 12 aromatic rings. The smallest absolute Gasteiger partial charge is 0.136 e. The predicted octanol–water partition coefficient (Wildman–Crippen LogP) is 16.3. The van der Waals surface area contributed by atoms with E-state index >= 15 is 0 Å². The summed E-state index contributed by atoms with van der Waals surface area (Å²) in [4.78, 5) is 0. The minimum Gasteiger partial charge on any atom is -0.456 e. The van der Waals surface area contributed by atoms with Gasteiger partial charge in [-0.15, -0.1) is 0 Å². The van der Waals surface area contributed by atoms with Gasteiger partial charge in [0.25, 0.3) is 0 Å². The number of fused-ring (bicyclic) bond motifs is 12. The summed E-state index contributed by atoms with van der Waals surface area (Å²) in [6.45, 7) is 4.72. The van der Waals surface area contributed by atoms with Crippen molar-refractivity contribution in [1.29, 1.82) is 0 Å². The normalized spacial score (nSPS) is 13.5. The molecule has 0 spiro atoms. The van der Waals surface area contributed by atoms with Crippen molar-refractivity contribution in [1.82, 2.24) is 4.57 Å². The van der Waals surface area contributed by atoms with Crippen LogP contribution in [0.25, 0.3) is 105 Å². The molecule has 0 atom stereocenters. The summed E-state index contributed by atoms with van der Waals surface area (Å²) in [5.74, 6) is 0. The lowest BCUT2D eigenvalue weighted by molar-refractivity contribution is 0.660. The molecule has 0 saturated carbocycles. The second-order valence-electron chi connectivity index (χ2n) is 17.6. The molecule has 0 unspecified atom stereocenters. The first-order chi connectivity index (χ1) is 31.0. The molecular weight excluding hydrogens is 767 g/mol. The fraction of sp³-hybridized carbons (Fsp3) is 0.0667. The first kappa shape index (κ1) is 35.8. The molecule has 0 saturated heterocycles. The topological polar surface area (TPSA) is 31.2 Å². The number of rotatable bonds is 6. The molecule has 0 aliphatic heterocycles. The van der Waals surface area contributed by atoms with Gasteiger partial charge in [-0.1, -0.05) is 147 Å². The van der Waals surface area contributed by atoms with E-state index in [1.54, 1.807) is 0 Å². The van der Waals surface area contributed by atoms with Gasteiger partial charge < -0.3 is 13.4 Å². The van der Waals surface area contributed by atoms with E-state index in [4.69, 9.17) is 8.83 Å². The Balaban J connectivity index is 1.09. The molecule has 3 heterocycles. The molecule has 0 N–H and O–H groups in total. The average molecular weight is 808 g/mol. The Morgan fingerprint density at radius 3 is 2.03 bits per heavy atom. The van der Waals surface area contributed by atoms with Gasteiger partial charge in [0.1, 0.15) is 22.3 Å². The number of para-hydroxylation sites is 4. The monoisotopic (exact) mass is 807 g/mol. The summed E-state index contributed by atoms with van der Waals surface area (Å²) >= 11 is 0. The van der Waals surface area contributed by atoms with Crippen molar-refractivity contribution in [3.63, 3.8) is 0 Å². The van der Waals surface area contributed by atoms with E-state index in [1.807, 2.05) is 6.07 Å². The molecule has 63 heavy (non-hydrogen) atoms. The van der Waals surface area contributed by atoms with Crippen LogP contribution in [0.15, 0.2) is 203 Å². The molecule has 1 aliphatic carbocycles. The van der Waals surface area contributed by atoms with Crippen LogP contribution in [0.3, 0.4) is 0 Å². The van der Waals surface area contributed by atoms with Gasteiger partial charge in [0.2, 0.25) is 0 Å². The van der Waals surface area contributed by atoms with E-state index in [2.05, 4.69) is 213 Å². The molecular formula is C60H41NO2. The Morgan fingerprint density at radius 1 is 0.492 bits per heavy atom. The Morgan fingerprint density at radius 2 is 1.16 bits per heavy atom. The predicted molar refractivity (Wildman–Crippen MR) is 263 cm³/mol. The first-order valence-corrected chi connectivity index (χ1v) is 21.9. The minimum absolute atomic E-state index is 0.100. The lowest BCUT2D eigenvalue weighted by Gasteiger charge is -2.21. The highest BCUT2D eigenvalue weighted by Crippen LogP contribution is 2.51. The van der Waals surface area contributed by atoms with Crippen molar-refractivity contribution >= 4 is 77.3 Å². The highest BCUT2D eigenvalue weighted by atomic mass is 16.3. The molecule has 13 rings (SSSR count). The number of nitrogens with zero attached hydrogens (tertiary/aromatic N) is 1. The second kappa shape index (κ2) is 13.6. The van der Waals surface area contributed by atoms with Crippen LogP contribution in [0, 0.1) is 0 Å². The van der Waals surface area contributed by atoms with Gasteiger partial charge in [-0.05, 0) is 129 Å². The van der Waals surface area contributed by atoms with Gasteiger partial charge in [0.15, 0.2) is 0 Å². The number of hydrogen-bond acceptors (Lipinski definition) is 2. The number of benzene rings is 9. The zero-order chi connectivity index (χ0) is 41.8. The summed E-state index contributed by atoms with van der Waals surface area (Å²) in [5, 5.41) is 6.91. The SMILES string of the molecule is CC1(C)c2ccccc2-c2c(C/C(=C/c3c(-c4ccc5c(c4)c4ccccc4n5-c4ccccc4)ccc4oc5ccccc5c34)c3ccc4oc5ccccc5c4c3)cccc21. The van der Waals surface area contributed by atoms with E-state index in [1.165, 1.54) is 55.2 Å². The maximum Gasteiger partial charge on any atom is 0.136 e. The van der Waals surface area contributed by atoms with Gasteiger partial charge in [-0.25, -0.2) is 0 Å². The van der Waals surface area contributed by atoms with Crippen LogP contribution in [0.2, 0.25) is 0 Å². The maximum atomic E-state index is 6.64. The standard InChI is InChI=1S/C60H41NO2/c1-60(2)50-22-10-6-20-45(50)58-39(15-14-23-51(58)60)33-40(37-28-31-56-48(34-37)44-19-8-12-25-54(44)62-56)36-49-42(29-32-57-59(49)46-21-9-13-26-55(46)63-57)38-27-30-53-47(35-38)43-18-7-11-24-52(43)61(53)41-16-4-3-5-17-41/h3-32,34-36H,33H2,1-2H3/b40-36-.